The number of aromatic nitrogens is 2. The predicted octanol–water partition coefficient (Wildman–Crippen LogP) is 5.22. The van der Waals surface area contributed by atoms with Crippen molar-refractivity contribution in [2.75, 3.05) is 0 Å². The second-order valence-electron chi connectivity index (χ2n) is 6.41. The fraction of sp³-hybridized carbons (Fsp3) is 0.0455. The van der Waals surface area contributed by atoms with Crippen LogP contribution >= 0.6 is 23.2 Å². The highest BCUT2D eigenvalue weighted by Gasteiger charge is 2.09. The summed E-state index contributed by atoms with van der Waals surface area (Å²) in [6, 6.07) is 20.5. The quantitative estimate of drug-likeness (QED) is 0.341. The van der Waals surface area contributed by atoms with Crippen molar-refractivity contribution in [1.82, 2.24) is 15.4 Å². The molecule has 1 aromatic heterocycles. The Morgan fingerprint density at radius 1 is 1.03 bits per heavy atom. The van der Waals surface area contributed by atoms with Crippen molar-refractivity contribution >= 4 is 46.4 Å². The molecule has 0 aliphatic heterocycles. The summed E-state index contributed by atoms with van der Waals surface area (Å²) < 4.78 is 0. The van der Waals surface area contributed by atoms with Gasteiger partial charge >= 0.3 is 0 Å². The van der Waals surface area contributed by atoms with E-state index in [2.05, 4.69) is 32.6 Å². The third-order valence-corrected chi connectivity index (χ3v) is 5.03. The van der Waals surface area contributed by atoms with E-state index in [9.17, 15) is 4.79 Å². The molecule has 0 saturated carbocycles. The van der Waals surface area contributed by atoms with Crippen molar-refractivity contribution in [3.63, 3.8) is 0 Å². The normalized spacial score (nSPS) is 11.2. The second-order valence-corrected chi connectivity index (χ2v) is 7.23. The maximum absolute atomic E-state index is 12.4. The molecule has 0 saturated heterocycles. The van der Waals surface area contributed by atoms with Crippen LogP contribution in [-0.4, -0.2) is 22.1 Å². The van der Waals surface area contributed by atoms with Crippen molar-refractivity contribution in [3.05, 3.63) is 99.3 Å². The lowest BCUT2D eigenvalue weighted by Crippen LogP contribution is -2.17. The minimum absolute atomic E-state index is 0.342. The third-order valence-electron chi connectivity index (χ3n) is 4.37. The maximum Gasteiger partial charge on any atom is 0.271 e. The molecule has 0 fully saturated rings. The molecular weight excluding hydrogens is 407 g/mol. The van der Waals surface area contributed by atoms with Gasteiger partial charge in [-0.1, -0.05) is 59.6 Å². The van der Waals surface area contributed by atoms with Gasteiger partial charge in [0.15, 0.2) is 0 Å². The summed E-state index contributed by atoms with van der Waals surface area (Å²) >= 11 is 12.2. The summed E-state index contributed by atoms with van der Waals surface area (Å²) in [5, 5.41) is 4.88. The second kappa shape index (κ2) is 8.47. The number of rotatable bonds is 5. The number of carbonyl (C=O) groups excluding carboxylic acids is 1. The molecule has 2 N–H and O–H groups in total. The number of benzene rings is 3. The minimum Gasteiger partial charge on any atom is -0.342 e. The monoisotopic (exact) mass is 422 g/mol. The summed E-state index contributed by atoms with van der Waals surface area (Å²) in [7, 11) is 0. The van der Waals surface area contributed by atoms with E-state index in [0.717, 1.165) is 22.4 Å². The average Bonchev–Trinajstić information content (AvgIpc) is 3.12. The Kier molecular flexibility index (Phi) is 5.60. The molecular formula is C22H16Cl2N4O. The molecule has 0 bridgehead atoms. The first kappa shape index (κ1) is 19.2. The molecule has 0 unspecified atom stereocenters. The fourth-order valence-corrected chi connectivity index (χ4v) is 3.43. The Morgan fingerprint density at radius 2 is 1.79 bits per heavy atom. The van der Waals surface area contributed by atoms with E-state index in [-0.39, 0.29) is 5.91 Å². The van der Waals surface area contributed by atoms with E-state index < -0.39 is 0 Å². The lowest BCUT2D eigenvalue weighted by molar-refractivity contribution is 0.0955. The van der Waals surface area contributed by atoms with Gasteiger partial charge in [0.05, 0.1) is 27.3 Å². The minimum atomic E-state index is -0.342. The number of carbonyl (C=O) groups is 1. The summed E-state index contributed by atoms with van der Waals surface area (Å²) in [5.74, 6) is 0.501. The SMILES string of the molecule is O=C(N/N=C\c1c(Cl)cccc1Cl)c1ccc2nc(Cc3ccccc3)[nH]c2c1. The smallest absolute Gasteiger partial charge is 0.271 e. The lowest BCUT2D eigenvalue weighted by Gasteiger charge is -2.02. The van der Waals surface area contributed by atoms with Crippen LogP contribution in [0.5, 0.6) is 0 Å². The van der Waals surface area contributed by atoms with Gasteiger partial charge in [0.2, 0.25) is 0 Å². The van der Waals surface area contributed by atoms with Crippen LogP contribution in [0.3, 0.4) is 0 Å². The van der Waals surface area contributed by atoms with Gasteiger partial charge < -0.3 is 4.98 Å². The van der Waals surface area contributed by atoms with Crippen LogP contribution in [0.1, 0.15) is 27.3 Å². The van der Waals surface area contributed by atoms with Crippen LogP contribution in [0.25, 0.3) is 11.0 Å². The summed E-state index contributed by atoms with van der Waals surface area (Å²) in [5.41, 5.74) is 6.27. The van der Waals surface area contributed by atoms with Gasteiger partial charge in [-0.05, 0) is 35.9 Å². The molecule has 1 amide bonds. The number of halogens is 2. The fourth-order valence-electron chi connectivity index (χ4n) is 2.93. The van der Waals surface area contributed by atoms with Gasteiger partial charge in [-0.2, -0.15) is 5.10 Å². The molecule has 4 aromatic rings. The maximum atomic E-state index is 12.4. The molecule has 0 radical (unpaired) electrons. The highest BCUT2D eigenvalue weighted by molar-refractivity contribution is 6.38. The Morgan fingerprint density at radius 3 is 2.55 bits per heavy atom. The van der Waals surface area contributed by atoms with Crippen molar-refractivity contribution in [2.45, 2.75) is 6.42 Å². The van der Waals surface area contributed by atoms with Crippen molar-refractivity contribution in [3.8, 4) is 0 Å². The van der Waals surface area contributed by atoms with Gasteiger partial charge in [0.1, 0.15) is 5.82 Å². The molecule has 29 heavy (non-hydrogen) atoms. The Labute approximate surface area is 177 Å². The summed E-state index contributed by atoms with van der Waals surface area (Å²) in [6.45, 7) is 0. The number of nitrogens with zero attached hydrogens (tertiary/aromatic N) is 2. The Bertz CT molecular complexity index is 1180. The number of fused-ring (bicyclic) bond motifs is 1. The first-order valence-electron chi connectivity index (χ1n) is 8.90. The van der Waals surface area contributed by atoms with Crippen LogP contribution in [0.2, 0.25) is 10.0 Å². The van der Waals surface area contributed by atoms with Crippen molar-refractivity contribution < 1.29 is 4.79 Å². The average molecular weight is 423 g/mol. The van der Waals surface area contributed by atoms with Crippen molar-refractivity contribution in [1.29, 1.82) is 0 Å². The third kappa shape index (κ3) is 4.47. The zero-order valence-corrected chi connectivity index (χ0v) is 16.7. The molecule has 1 heterocycles. The van der Waals surface area contributed by atoms with E-state index >= 15 is 0 Å². The number of nitrogens with one attached hydrogen (secondary N) is 2. The predicted molar refractivity (Wildman–Crippen MR) is 117 cm³/mol. The van der Waals surface area contributed by atoms with E-state index in [1.807, 2.05) is 24.3 Å². The number of imidazole rings is 1. The van der Waals surface area contributed by atoms with Crippen LogP contribution in [0.4, 0.5) is 0 Å². The summed E-state index contributed by atoms with van der Waals surface area (Å²) in [6.07, 6.45) is 2.12. The van der Waals surface area contributed by atoms with Crippen molar-refractivity contribution in [2.24, 2.45) is 5.10 Å². The highest BCUT2D eigenvalue weighted by Crippen LogP contribution is 2.22. The van der Waals surface area contributed by atoms with Crippen LogP contribution in [0, 0.1) is 0 Å². The van der Waals surface area contributed by atoms with E-state index in [0.29, 0.717) is 27.6 Å². The largest absolute Gasteiger partial charge is 0.342 e. The number of hydrazone groups is 1. The van der Waals surface area contributed by atoms with E-state index in [1.54, 1.807) is 30.3 Å². The van der Waals surface area contributed by atoms with E-state index in [1.165, 1.54) is 6.21 Å². The lowest BCUT2D eigenvalue weighted by atomic mass is 10.1. The number of H-pyrrole nitrogens is 1. The number of hydrogen-bond acceptors (Lipinski definition) is 3. The van der Waals surface area contributed by atoms with Gasteiger partial charge in [-0.3, -0.25) is 4.79 Å². The topological polar surface area (TPSA) is 70.1 Å². The standard InChI is InChI=1S/C22H16Cl2N4O/c23-17-7-4-8-18(24)16(17)13-25-28-22(29)15-9-10-19-20(12-15)27-21(26-19)11-14-5-2-1-3-6-14/h1-10,12-13H,11H2,(H,26,27)(H,28,29)/b25-13-. The van der Waals surface area contributed by atoms with Gasteiger partial charge in [-0.15, -0.1) is 0 Å². The zero-order chi connectivity index (χ0) is 20.2. The highest BCUT2D eigenvalue weighted by atomic mass is 35.5. The molecule has 0 aliphatic carbocycles. The van der Waals surface area contributed by atoms with Crippen LogP contribution in [-0.2, 0) is 6.42 Å². The Hall–Kier alpha value is -3.15. The Balaban J connectivity index is 1.48. The number of hydrogen-bond donors (Lipinski definition) is 2. The van der Waals surface area contributed by atoms with Gasteiger partial charge in [-0.25, -0.2) is 10.4 Å². The molecule has 0 atom stereocenters. The van der Waals surface area contributed by atoms with Gasteiger partial charge in [0.25, 0.3) is 5.91 Å². The molecule has 5 nitrogen and oxygen atoms in total. The molecule has 144 valence electrons. The molecule has 0 aliphatic rings. The van der Waals surface area contributed by atoms with Crippen LogP contribution < -0.4 is 5.43 Å². The molecule has 7 heteroatoms. The molecule has 3 aromatic carbocycles. The van der Waals surface area contributed by atoms with E-state index in [4.69, 9.17) is 23.2 Å². The summed E-state index contributed by atoms with van der Waals surface area (Å²) in [4.78, 5) is 20.3. The number of amides is 1. The first-order chi connectivity index (χ1) is 14.1. The van der Waals surface area contributed by atoms with Crippen LogP contribution in [0.15, 0.2) is 71.8 Å². The zero-order valence-electron chi connectivity index (χ0n) is 15.2. The molecule has 0 spiro atoms. The van der Waals surface area contributed by atoms with Gasteiger partial charge in [0, 0.05) is 17.5 Å². The number of aromatic amines is 1. The first-order valence-corrected chi connectivity index (χ1v) is 9.66. The molecule has 4 rings (SSSR count).